The number of hydrogen-bond acceptors (Lipinski definition) is 12. The maximum atomic E-state index is 13.1. The van der Waals surface area contributed by atoms with Crippen molar-refractivity contribution >= 4 is 30.6 Å². The van der Waals surface area contributed by atoms with Crippen LogP contribution in [0.2, 0.25) is 0 Å². The van der Waals surface area contributed by atoms with Gasteiger partial charge < -0.3 is 25.2 Å². The molecule has 5 heterocycles. The molecule has 14 heteroatoms. The molecule has 4 N–H and O–H groups in total. The van der Waals surface area contributed by atoms with Gasteiger partial charge in [-0.25, -0.2) is 19.5 Å². The van der Waals surface area contributed by atoms with Crippen molar-refractivity contribution in [3.05, 3.63) is 48.3 Å². The van der Waals surface area contributed by atoms with Gasteiger partial charge in [0.2, 0.25) is 0 Å². The first-order valence-electron chi connectivity index (χ1n) is 10.4. The fraction of sp³-hybridized carbons (Fsp3) is 0.400. The summed E-state index contributed by atoms with van der Waals surface area (Å²) < 4.78 is 36.6. The van der Waals surface area contributed by atoms with Crippen LogP contribution in [0.25, 0.3) is 16.9 Å². The number of hydrogen-bond donors (Lipinski definition) is 3. The van der Waals surface area contributed by atoms with Crippen LogP contribution in [0.5, 0.6) is 0 Å². The summed E-state index contributed by atoms with van der Waals surface area (Å²) in [6.45, 7) is 2.89. The van der Waals surface area contributed by atoms with Gasteiger partial charge in [-0.05, 0) is 31.6 Å². The molecule has 180 valence electrons. The van der Waals surface area contributed by atoms with E-state index in [1.165, 1.54) is 24.1 Å². The number of nitrogens with two attached hydrogens (primary N) is 1. The lowest BCUT2D eigenvalue weighted by Gasteiger charge is -2.27. The first kappa shape index (κ1) is 22.8. The Morgan fingerprint density at radius 2 is 2.18 bits per heavy atom. The fourth-order valence-corrected chi connectivity index (χ4v) is 5.08. The zero-order valence-electron chi connectivity index (χ0n) is 18.3. The molecule has 0 spiro atoms. The molecule has 1 fully saturated rings. The Balaban J connectivity index is 1.32. The molecule has 0 bridgehead atoms. The van der Waals surface area contributed by atoms with Gasteiger partial charge in [0.25, 0.3) is 0 Å². The van der Waals surface area contributed by atoms with Gasteiger partial charge >= 0.3 is 7.82 Å². The van der Waals surface area contributed by atoms with Crippen molar-refractivity contribution in [2.45, 2.75) is 37.9 Å². The second-order valence-electron chi connectivity index (χ2n) is 8.23. The van der Waals surface area contributed by atoms with E-state index in [0.29, 0.717) is 22.5 Å². The third-order valence-corrected chi connectivity index (χ3v) is 7.01. The first-order chi connectivity index (χ1) is 16.2. The van der Waals surface area contributed by atoms with E-state index in [1.54, 1.807) is 18.5 Å². The highest BCUT2D eigenvalue weighted by Crippen LogP contribution is 2.55. The highest BCUT2D eigenvalue weighted by atomic mass is 31.2. The van der Waals surface area contributed by atoms with E-state index < -0.39 is 31.9 Å². The van der Waals surface area contributed by atoms with Gasteiger partial charge in [0.1, 0.15) is 35.4 Å². The quantitative estimate of drug-likeness (QED) is 0.438. The zero-order chi connectivity index (χ0) is 24.1. The monoisotopic (exact) mass is 490 g/mol. The first-order valence-corrected chi connectivity index (χ1v) is 11.8. The normalized spacial score (nSPS) is 31.4. The summed E-state index contributed by atoms with van der Waals surface area (Å²) in [5.41, 5.74) is 6.24. The number of ether oxygens (including phenoxy) is 1. The van der Waals surface area contributed by atoms with Gasteiger partial charge in [-0.1, -0.05) is 0 Å². The van der Waals surface area contributed by atoms with Crippen molar-refractivity contribution in [1.82, 2.24) is 24.5 Å². The topological polar surface area (TPSA) is 177 Å². The molecule has 0 saturated carbocycles. The number of phosphoric ester groups is 1. The van der Waals surface area contributed by atoms with E-state index in [4.69, 9.17) is 24.0 Å². The third-order valence-electron chi connectivity index (χ3n) is 5.66. The zero-order valence-corrected chi connectivity index (χ0v) is 19.2. The van der Waals surface area contributed by atoms with Crippen LogP contribution in [0.15, 0.2) is 37.2 Å². The summed E-state index contributed by atoms with van der Waals surface area (Å²) in [6.07, 6.45) is 3.97. The molecule has 1 unspecified atom stereocenters. The van der Waals surface area contributed by atoms with Gasteiger partial charge in [-0.3, -0.25) is 18.6 Å². The van der Waals surface area contributed by atoms with E-state index in [0.717, 1.165) is 5.56 Å². The number of pyridine rings is 1. The number of nitrogens with zero attached hydrogens (tertiary/aromatic N) is 5. The van der Waals surface area contributed by atoms with Crippen LogP contribution < -0.4 is 5.73 Å². The van der Waals surface area contributed by atoms with Gasteiger partial charge in [-0.15, -0.1) is 0 Å². The number of aliphatic hydroxyl groups is 2. The van der Waals surface area contributed by atoms with E-state index in [2.05, 4.69) is 19.9 Å². The molecule has 2 aliphatic heterocycles. The lowest BCUT2D eigenvalue weighted by molar-refractivity contribution is -0.0950. The van der Waals surface area contributed by atoms with E-state index in [9.17, 15) is 14.8 Å². The maximum Gasteiger partial charge on any atom is 0.530 e. The molecular formula is C20H23N6O7P. The van der Waals surface area contributed by atoms with Crippen molar-refractivity contribution < 1.29 is 33.1 Å². The number of rotatable bonds is 5. The lowest BCUT2D eigenvalue weighted by Crippen LogP contribution is -2.44. The predicted molar refractivity (Wildman–Crippen MR) is 118 cm³/mol. The summed E-state index contributed by atoms with van der Waals surface area (Å²) in [4.78, 5) is 16.3. The Bertz CT molecular complexity index is 1310. The summed E-state index contributed by atoms with van der Waals surface area (Å²) >= 11 is 0. The van der Waals surface area contributed by atoms with Crippen LogP contribution >= 0.6 is 7.82 Å². The minimum Gasteiger partial charge on any atom is -0.404 e. The predicted octanol–water partition coefficient (Wildman–Crippen LogP) is 1.33. The molecule has 0 radical (unpaired) electrons. The highest BCUT2D eigenvalue weighted by Gasteiger charge is 2.54. The number of fused-ring (bicyclic) bond motifs is 1. The molecule has 0 aromatic carbocycles. The maximum absolute atomic E-state index is 13.1. The van der Waals surface area contributed by atoms with Crippen LogP contribution in [0, 0.1) is 6.92 Å². The molecule has 13 nitrogen and oxygen atoms in total. The Morgan fingerprint density at radius 1 is 1.35 bits per heavy atom. The molecule has 3 aromatic heterocycles. The smallest absolute Gasteiger partial charge is 0.404 e. The van der Waals surface area contributed by atoms with Crippen LogP contribution in [0.3, 0.4) is 0 Å². The molecule has 34 heavy (non-hydrogen) atoms. The lowest BCUT2D eigenvalue weighted by atomic mass is 9.96. The molecule has 3 aromatic rings. The molecule has 0 aliphatic carbocycles. The standard InChI is InChI=1S/C20H23N6O7P/c1-11-5-12(7-22-6-11)13-3-4-30-34(29,33-13)31-8-14-16(27)20(2,28)19(32-14)26-10-25-15-17(21)23-9-24-18(15)26/h3,5-7,9-10,14,16,19,27-28H,4,8H2,1-2H3,(H2,21,23,24)/t14-,16-,19-,20-,34?/m1/s1. The second kappa shape index (κ2) is 8.38. The number of aryl methyl sites for hydroxylation is 1. The van der Waals surface area contributed by atoms with Crippen LogP contribution in [0.4, 0.5) is 5.82 Å². The van der Waals surface area contributed by atoms with Gasteiger partial charge in [0.15, 0.2) is 17.7 Å². The number of phosphoric acid groups is 1. The molecule has 2 aliphatic rings. The van der Waals surface area contributed by atoms with E-state index in [1.807, 2.05) is 13.0 Å². The summed E-state index contributed by atoms with van der Waals surface area (Å²) in [7, 11) is -4.02. The van der Waals surface area contributed by atoms with Gasteiger partial charge in [-0.2, -0.15) is 0 Å². The van der Waals surface area contributed by atoms with E-state index >= 15 is 0 Å². The second-order valence-corrected chi connectivity index (χ2v) is 9.82. The number of aliphatic hydroxyl groups excluding tert-OH is 1. The minimum absolute atomic E-state index is 0.00285. The SMILES string of the molecule is Cc1cncc(C2=CCOP(=O)(OC[C@H]3O[C@@H](n4cnc5c(N)ncnc54)[C@](C)(O)[C@@H]3O)O2)c1. The summed E-state index contributed by atoms with van der Waals surface area (Å²) in [5.74, 6) is 0.477. The largest absolute Gasteiger partial charge is 0.530 e. The number of aromatic nitrogens is 5. The Hall–Kier alpha value is -2.93. The number of anilines is 1. The van der Waals surface area contributed by atoms with Crippen molar-refractivity contribution in [2.75, 3.05) is 18.9 Å². The van der Waals surface area contributed by atoms with Crippen molar-refractivity contribution in [2.24, 2.45) is 0 Å². The van der Waals surface area contributed by atoms with Gasteiger partial charge in [0, 0.05) is 18.0 Å². The van der Waals surface area contributed by atoms with Crippen LogP contribution in [0.1, 0.15) is 24.3 Å². The molecule has 1 saturated heterocycles. The van der Waals surface area contributed by atoms with Crippen LogP contribution in [-0.2, 0) is 22.9 Å². The Kier molecular flexibility index (Phi) is 5.63. The highest BCUT2D eigenvalue weighted by molar-refractivity contribution is 7.48. The van der Waals surface area contributed by atoms with Gasteiger partial charge in [0.05, 0.1) is 19.5 Å². The van der Waals surface area contributed by atoms with Crippen molar-refractivity contribution in [3.8, 4) is 0 Å². The Morgan fingerprint density at radius 3 is 2.97 bits per heavy atom. The fourth-order valence-electron chi connectivity index (χ4n) is 3.90. The molecule has 5 atom stereocenters. The van der Waals surface area contributed by atoms with E-state index in [-0.39, 0.29) is 19.0 Å². The summed E-state index contributed by atoms with van der Waals surface area (Å²) in [5, 5.41) is 21.8. The number of imidazole rings is 1. The Labute approximate surface area is 193 Å². The van der Waals surface area contributed by atoms with Crippen LogP contribution in [-0.4, -0.2) is 65.7 Å². The molecular weight excluding hydrogens is 467 g/mol. The average molecular weight is 490 g/mol. The van der Waals surface area contributed by atoms with Crippen molar-refractivity contribution in [1.29, 1.82) is 0 Å². The number of nitrogen functional groups attached to an aromatic ring is 1. The molecule has 5 rings (SSSR count). The molecule has 0 amide bonds. The van der Waals surface area contributed by atoms with Crippen molar-refractivity contribution in [3.63, 3.8) is 0 Å². The average Bonchev–Trinajstić information content (AvgIpc) is 3.32. The third kappa shape index (κ3) is 3.96. The summed E-state index contributed by atoms with van der Waals surface area (Å²) in [6, 6.07) is 1.83. The minimum atomic E-state index is -4.02.